The summed E-state index contributed by atoms with van der Waals surface area (Å²) in [4.78, 5) is 5.44. The van der Waals surface area contributed by atoms with Gasteiger partial charge >= 0.3 is 0 Å². The molecule has 3 aliphatic rings. The lowest BCUT2D eigenvalue weighted by Gasteiger charge is -2.47. The number of rotatable bonds is 2. The van der Waals surface area contributed by atoms with E-state index in [1.165, 1.54) is 51.9 Å². The van der Waals surface area contributed by atoms with E-state index in [4.69, 9.17) is 5.73 Å². The van der Waals surface area contributed by atoms with Crippen molar-refractivity contribution < 1.29 is 0 Å². The van der Waals surface area contributed by atoms with E-state index in [2.05, 4.69) is 16.7 Å². The lowest BCUT2D eigenvalue weighted by Crippen LogP contribution is -2.57. The molecule has 2 N–H and O–H groups in total. The van der Waals surface area contributed by atoms with Crippen molar-refractivity contribution in [2.24, 2.45) is 17.6 Å². The van der Waals surface area contributed by atoms with Crippen molar-refractivity contribution in [1.82, 2.24) is 9.80 Å². The molecule has 0 aromatic heterocycles. The van der Waals surface area contributed by atoms with E-state index in [-0.39, 0.29) is 0 Å². The minimum absolute atomic E-state index is 0.654. The van der Waals surface area contributed by atoms with Gasteiger partial charge in [0.2, 0.25) is 0 Å². The van der Waals surface area contributed by atoms with E-state index in [1.54, 1.807) is 0 Å². The Hall–Kier alpha value is -0.120. The van der Waals surface area contributed by atoms with Gasteiger partial charge < -0.3 is 10.6 Å². The van der Waals surface area contributed by atoms with Gasteiger partial charge in [0.1, 0.15) is 0 Å². The highest BCUT2D eigenvalue weighted by Gasteiger charge is 2.41. The first kappa shape index (κ1) is 11.9. The molecular weight excluding hydrogens is 210 g/mol. The van der Waals surface area contributed by atoms with Crippen LogP contribution in [-0.4, -0.2) is 54.6 Å². The first-order chi connectivity index (χ1) is 8.29. The number of nitrogens with zero attached hydrogens (tertiary/aromatic N) is 2. The molecule has 3 aliphatic heterocycles. The lowest BCUT2D eigenvalue weighted by atomic mass is 9.84. The first-order valence-corrected chi connectivity index (χ1v) is 7.47. The highest BCUT2D eigenvalue weighted by molar-refractivity contribution is 4.96. The number of fused-ring (bicyclic) bond motifs is 2. The van der Waals surface area contributed by atoms with E-state index in [0.29, 0.717) is 6.04 Å². The van der Waals surface area contributed by atoms with Crippen LogP contribution in [0.2, 0.25) is 0 Å². The third-order valence-corrected chi connectivity index (χ3v) is 5.42. The molecule has 0 saturated carbocycles. The Morgan fingerprint density at radius 2 is 1.94 bits per heavy atom. The second-order valence-electron chi connectivity index (χ2n) is 6.37. The fourth-order valence-corrected chi connectivity index (χ4v) is 4.43. The average molecular weight is 237 g/mol. The van der Waals surface area contributed by atoms with Crippen molar-refractivity contribution in [2.75, 3.05) is 32.7 Å². The Kier molecular flexibility index (Phi) is 3.42. The predicted octanol–water partition coefficient (Wildman–Crippen LogP) is 1.14. The fourth-order valence-electron chi connectivity index (χ4n) is 4.43. The molecule has 3 saturated heterocycles. The van der Waals surface area contributed by atoms with Gasteiger partial charge in [-0.15, -0.1) is 0 Å². The molecule has 0 aromatic rings. The molecule has 0 amide bonds. The molecule has 3 heteroatoms. The van der Waals surface area contributed by atoms with E-state index in [0.717, 1.165) is 24.4 Å². The largest absolute Gasteiger partial charge is 0.329 e. The third-order valence-electron chi connectivity index (χ3n) is 5.42. The second-order valence-corrected chi connectivity index (χ2v) is 6.37. The van der Waals surface area contributed by atoms with E-state index in [1.807, 2.05) is 0 Å². The molecule has 3 heterocycles. The number of hydrogen-bond acceptors (Lipinski definition) is 3. The van der Waals surface area contributed by atoms with Crippen LogP contribution in [0.25, 0.3) is 0 Å². The van der Waals surface area contributed by atoms with Crippen LogP contribution in [0, 0.1) is 11.8 Å². The summed E-state index contributed by atoms with van der Waals surface area (Å²) in [5.74, 6) is 1.73. The van der Waals surface area contributed by atoms with E-state index in [9.17, 15) is 0 Å². The summed E-state index contributed by atoms with van der Waals surface area (Å²) in [7, 11) is 0. The van der Waals surface area contributed by atoms with Crippen LogP contribution in [-0.2, 0) is 0 Å². The maximum Gasteiger partial charge on any atom is 0.0247 e. The second kappa shape index (κ2) is 4.87. The molecule has 0 aromatic carbocycles. The zero-order chi connectivity index (χ0) is 11.8. The SMILES string of the molecule is CC1CCCN(C2CCN3CCC2C3)C1CN. The molecule has 5 atom stereocenters. The highest BCUT2D eigenvalue weighted by Crippen LogP contribution is 2.35. The van der Waals surface area contributed by atoms with Crippen molar-refractivity contribution in [3.63, 3.8) is 0 Å². The summed E-state index contributed by atoms with van der Waals surface area (Å²) in [6.07, 6.45) is 5.56. The smallest absolute Gasteiger partial charge is 0.0247 e. The quantitative estimate of drug-likeness (QED) is 0.782. The van der Waals surface area contributed by atoms with Crippen molar-refractivity contribution in [3.8, 4) is 0 Å². The van der Waals surface area contributed by atoms with Gasteiger partial charge in [-0.25, -0.2) is 0 Å². The van der Waals surface area contributed by atoms with Gasteiger partial charge in [-0.1, -0.05) is 6.92 Å². The normalized spacial score (nSPS) is 47.3. The summed E-state index contributed by atoms with van der Waals surface area (Å²) < 4.78 is 0. The van der Waals surface area contributed by atoms with Gasteiger partial charge in [-0.05, 0) is 57.2 Å². The highest BCUT2D eigenvalue weighted by atomic mass is 15.3. The van der Waals surface area contributed by atoms with Crippen molar-refractivity contribution in [1.29, 1.82) is 0 Å². The Morgan fingerprint density at radius 3 is 2.76 bits per heavy atom. The minimum Gasteiger partial charge on any atom is -0.329 e. The molecule has 2 bridgehead atoms. The maximum atomic E-state index is 6.04. The lowest BCUT2D eigenvalue weighted by molar-refractivity contribution is 0.0180. The van der Waals surface area contributed by atoms with Gasteiger partial charge in [0, 0.05) is 25.2 Å². The topological polar surface area (TPSA) is 32.5 Å². The van der Waals surface area contributed by atoms with Crippen molar-refractivity contribution in [2.45, 2.75) is 44.7 Å². The van der Waals surface area contributed by atoms with Crippen LogP contribution in [0.4, 0.5) is 0 Å². The molecule has 3 fully saturated rings. The molecule has 3 nitrogen and oxygen atoms in total. The monoisotopic (exact) mass is 237 g/mol. The van der Waals surface area contributed by atoms with Crippen molar-refractivity contribution >= 4 is 0 Å². The molecule has 98 valence electrons. The summed E-state index contributed by atoms with van der Waals surface area (Å²) in [6, 6.07) is 1.49. The fraction of sp³-hybridized carbons (Fsp3) is 1.00. The number of likely N-dealkylation sites (tertiary alicyclic amines) is 1. The Morgan fingerprint density at radius 1 is 1.12 bits per heavy atom. The van der Waals surface area contributed by atoms with E-state index >= 15 is 0 Å². The predicted molar refractivity (Wildman–Crippen MR) is 70.9 cm³/mol. The number of piperidine rings is 2. The number of nitrogens with two attached hydrogens (primary N) is 1. The van der Waals surface area contributed by atoms with E-state index < -0.39 is 0 Å². The third kappa shape index (κ3) is 2.13. The Labute approximate surface area is 105 Å². The first-order valence-electron chi connectivity index (χ1n) is 7.47. The molecule has 0 spiro atoms. The maximum absolute atomic E-state index is 6.04. The minimum atomic E-state index is 0.654. The summed E-state index contributed by atoms with van der Waals surface area (Å²) in [5.41, 5.74) is 6.04. The number of hydrogen-bond donors (Lipinski definition) is 1. The Balaban J connectivity index is 1.73. The standard InChI is InChI=1S/C14H27N3/c1-11-3-2-6-17(14(11)9-15)13-5-8-16-7-4-12(13)10-16/h11-14H,2-10,15H2,1H3. The van der Waals surface area contributed by atoms with Gasteiger partial charge in [-0.2, -0.15) is 0 Å². The Bertz CT molecular complexity index is 268. The molecule has 17 heavy (non-hydrogen) atoms. The van der Waals surface area contributed by atoms with Crippen LogP contribution >= 0.6 is 0 Å². The molecule has 0 radical (unpaired) electrons. The van der Waals surface area contributed by atoms with Gasteiger partial charge in [-0.3, -0.25) is 4.90 Å². The molecule has 5 unspecified atom stereocenters. The van der Waals surface area contributed by atoms with Crippen LogP contribution in [0.15, 0.2) is 0 Å². The zero-order valence-electron chi connectivity index (χ0n) is 11.1. The van der Waals surface area contributed by atoms with Gasteiger partial charge in [0.05, 0.1) is 0 Å². The molecule has 3 rings (SSSR count). The summed E-state index contributed by atoms with van der Waals surface area (Å²) >= 11 is 0. The van der Waals surface area contributed by atoms with Gasteiger partial charge in [0.25, 0.3) is 0 Å². The average Bonchev–Trinajstić information content (AvgIpc) is 2.71. The molecular formula is C14H27N3. The van der Waals surface area contributed by atoms with Crippen LogP contribution in [0.3, 0.4) is 0 Å². The van der Waals surface area contributed by atoms with Gasteiger partial charge in [0.15, 0.2) is 0 Å². The summed E-state index contributed by atoms with van der Waals surface area (Å²) in [5, 5.41) is 0. The van der Waals surface area contributed by atoms with Crippen LogP contribution in [0.5, 0.6) is 0 Å². The van der Waals surface area contributed by atoms with Crippen LogP contribution < -0.4 is 5.73 Å². The summed E-state index contributed by atoms with van der Waals surface area (Å²) in [6.45, 7) is 8.57. The van der Waals surface area contributed by atoms with Crippen LogP contribution in [0.1, 0.15) is 32.6 Å². The zero-order valence-corrected chi connectivity index (χ0v) is 11.1. The molecule has 0 aliphatic carbocycles. The van der Waals surface area contributed by atoms with Crippen molar-refractivity contribution in [3.05, 3.63) is 0 Å².